The van der Waals surface area contributed by atoms with Crippen LogP contribution in [0.15, 0.2) is 65.0 Å². The molecule has 2 aromatic rings. The number of rotatable bonds is 7. The molecule has 0 heterocycles. The van der Waals surface area contributed by atoms with Crippen molar-refractivity contribution < 1.29 is 19.6 Å². The number of hydrogen-bond donors (Lipinski definition) is 3. The largest absolute Gasteiger partial charge is 0.597 e. The molecule has 1 amide bonds. The van der Waals surface area contributed by atoms with Crippen LogP contribution in [0.3, 0.4) is 0 Å². The number of benzene rings is 2. The molecule has 0 aliphatic rings. The third-order valence-electron chi connectivity index (χ3n) is 2.91. The van der Waals surface area contributed by atoms with Crippen LogP contribution in [0.25, 0.3) is 0 Å². The Morgan fingerprint density at radius 1 is 1.20 bits per heavy atom. The molecule has 25 heavy (non-hydrogen) atoms. The van der Waals surface area contributed by atoms with Crippen LogP contribution in [0.4, 0.5) is 0 Å². The van der Waals surface area contributed by atoms with Crippen LogP contribution in [0, 0.1) is 5.21 Å². The molecule has 9 heteroatoms. The molecule has 9 nitrogen and oxygen atoms in total. The second kappa shape index (κ2) is 10.3. The van der Waals surface area contributed by atoms with Crippen molar-refractivity contribution >= 4 is 12.1 Å². The van der Waals surface area contributed by atoms with E-state index in [4.69, 9.17) is 9.94 Å². The van der Waals surface area contributed by atoms with E-state index in [2.05, 4.69) is 15.8 Å². The fourth-order valence-electron chi connectivity index (χ4n) is 1.78. The van der Waals surface area contributed by atoms with Gasteiger partial charge < -0.3 is 21.3 Å². The van der Waals surface area contributed by atoms with Crippen LogP contribution in [0.2, 0.25) is 0 Å². The van der Waals surface area contributed by atoms with Gasteiger partial charge in [0, 0.05) is 5.56 Å². The zero-order valence-corrected chi connectivity index (χ0v) is 13.7. The molecule has 6 N–H and O–H groups in total. The highest BCUT2D eigenvalue weighted by molar-refractivity contribution is 5.82. The van der Waals surface area contributed by atoms with Crippen LogP contribution in [-0.2, 0) is 11.3 Å². The van der Waals surface area contributed by atoms with Crippen molar-refractivity contribution in [2.75, 3.05) is 6.61 Å². The predicted molar refractivity (Wildman–Crippen MR) is 91.6 cm³/mol. The molecule has 0 spiro atoms. The molecule has 0 aliphatic carbocycles. The van der Waals surface area contributed by atoms with Gasteiger partial charge in [-0.1, -0.05) is 35.2 Å². The first-order valence-corrected chi connectivity index (χ1v) is 7.06. The molecule has 0 saturated heterocycles. The average molecular weight is 346 g/mol. The summed E-state index contributed by atoms with van der Waals surface area (Å²) < 4.78 is 5.31. The number of ether oxygens (including phenoxy) is 1. The van der Waals surface area contributed by atoms with Gasteiger partial charge in [0.1, 0.15) is 5.75 Å². The van der Waals surface area contributed by atoms with Crippen LogP contribution in [-0.4, -0.2) is 28.8 Å². The Morgan fingerprint density at radius 3 is 2.52 bits per heavy atom. The van der Waals surface area contributed by atoms with E-state index in [-0.39, 0.29) is 24.2 Å². The van der Waals surface area contributed by atoms with Crippen molar-refractivity contribution in [2.45, 2.75) is 6.54 Å². The molecule has 0 radical (unpaired) electrons. The number of hydrazone groups is 1. The van der Waals surface area contributed by atoms with Gasteiger partial charge in [-0.25, -0.2) is 5.43 Å². The fourth-order valence-corrected chi connectivity index (χ4v) is 1.78. The number of carbonyl (C=O) groups is 1. The van der Waals surface area contributed by atoms with Crippen molar-refractivity contribution in [3.8, 4) is 5.75 Å². The average Bonchev–Trinajstić information content (AvgIpc) is 2.62. The van der Waals surface area contributed by atoms with Crippen molar-refractivity contribution in [1.29, 1.82) is 0 Å². The van der Waals surface area contributed by atoms with E-state index in [1.54, 1.807) is 24.3 Å². The number of carbonyl (C=O) groups excluding carboxylic acids is 1. The Hall–Kier alpha value is -3.46. The normalized spacial score (nSPS) is 11.0. The second-order valence-electron chi connectivity index (χ2n) is 4.74. The summed E-state index contributed by atoms with van der Waals surface area (Å²) in [6, 6.07) is 15.9. The molecule has 0 bridgehead atoms. The van der Waals surface area contributed by atoms with Gasteiger partial charge in [-0.2, -0.15) is 5.10 Å². The van der Waals surface area contributed by atoms with Gasteiger partial charge in [0.15, 0.2) is 11.9 Å². The molecule has 0 atom stereocenters. The lowest BCUT2D eigenvalue weighted by molar-refractivity contribution is -0.570. The van der Waals surface area contributed by atoms with Gasteiger partial charge in [0.25, 0.3) is 5.91 Å². The minimum absolute atomic E-state index is 0. The molecule has 0 saturated carbocycles. The summed E-state index contributed by atoms with van der Waals surface area (Å²) in [5.74, 6) is 0.0791. The van der Waals surface area contributed by atoms with Crippen LogP contribution >= 0.6 is 0 Å². The maximum atomic E-state index is 11.6. The van der Waals surface area contributed by atoms with Gasteiger partial charge in [0.05, 0.1) is 6.21 Å². The van der Waals surface area contributed by atoms with Crippen LogP contribution in [0.1, 0.15) is 11.1 Å². The third-order valence-corrected chi connectivity index (χ3v) is 2.91. The van der Waals surface area contributed by atoms with E-state index in [9.17, 15) is 10.0 Å². The summed E-state index contributed by atoms with van der Waals surface area (Å²) in [7, 11) is 0. The van der Waals surface area contributed by atoms with E-state index in [1.165, 1.54) is 6.21 Å². The quantitative estimate of drug-likeness (QED) is 0.306. The topological polar surface area (TPSA) is 146 Å². The molecule has 2 rings (SSSR count). The first-order valence-electron chi connectivity index (χ1n) is 7.06. The van der Waals surface area contributed by atoms with E-state index >= 15 is 0 Å². The van der Waals surface area contributed by atoms with E-state index in [0.717, 1.165) is 5.56 Å². The summed E-state index contributed by atoms with van der Waals surface area (Å²) in [5.41, 5.74) is 3.88. The van der Waals surface area contributed by atoms with Crippen molar-refractivity contribution in [1.82, 2.24) is 11.6 Å². The monoisotopic (exact) mass is 346 g/mol. The van der Waals surface area contributed by atoms with Gasteiger partial charge in [-0.15, -0.1) is 0 Å². The molecule has 132 valence electrons. The van der Waals surface area contributed by atoms with Crippen LogP contribution < -0.4 is 16.3 Å². The van der Waals surface area contributed by atoms with E-state index < -0.39 is 5.91 Å². The Bertz CT molecular complexity index is 717. The van der Waals surface area contributed by atoms with Crippen molar-refractivity contribution in [2.24, 2.45) is 10.4 Å². The summed E-state index contributed by atoms with van der Waals surface area (Å²) in [5, 5.41) is 25.5. The Balaban J connectivity index is 0.00000312. The van der Waals surface area contributed by atoms with Crippen LogP contribution in [0.5, 0.6) is 5.75 Å². The number of nitrogens with zero attached hydrogens (tertiary/aromatic N) is 3. The highest BCUT2D eigenvalue weighted by Gasteiger charge is 2.03. The molecule has 0 unspecified atom stereocenters. The number of amides is 1. The SMILES string of the molecule is O=C(COc1ccc(C/[N+]([O-])=N/O)cc1)N/N=C/c1ccccc1.[NH4+]. The first kappa shape index (κ1) is 19.6. The molecular formula is C16H20N5O4+. The van der Waals surface area contributed by atoms with Gasteiger partial charge in [0.2, 0.25) is 6.54 Å². The van der Waals surface area contributed by atoms with Crippen molar-refractivity contribution in [3.63, 3.8) is 0 Å². The Labute approximate surface area is 144 Å². The highest BCUT2D eigenvalue weighted by Crippen LogP contribution is 2.12. The molecular weight excluding hydrogens is 326 g/mol. The number of hydroxylamine groups is 1. The summed E-state index contributed by atoms with van der Waals surface area (Å²) in [6.45, 7) is -0.267. The summed E-state index contributed by atoms with van der Waals surface area (Å²) >= 11 is 0. The number of quaternary nitrogens is 1. The predicted octanol–water partition coefficient (Wildman–Crippen LogP) is 2.44. The summed E-state index contributed by atoms with van der Waals surface area (Å²) in [4.78, 5) is 11.8. The number of nitrogens with one attached hydrogen (secondary N) is 1. The maximum absolute atomic E-state index is 11.6. The first-order chi connectivity index (χ1) is 11.7. The maximum Gasteiger partial charge on any atom is 0.277 e. The van der Waals surface area contributed by atoms with E-state index in [1.807, 2.05) is 30.3 Å². The number of hydrogen-bond acceptors (Lipinski definition) is 5. The minimum Gasteiger partial charge on any atom is -0.597 e. The van der Waals surface area contributed by atoms with Crippen molar-refractivity contribution in [3.05, 3.63) is 70.9 Å². The lowest BCUT2D eigenvalue weighted by atomic mass is 10.2. The minimum atomic E-state index is -0.393. The Kier molecular flexibility index (Phi) is 8.10. The van der Waals surface area contributed by atoms with Gasteiger partial charge in [-0.05, 0) is 29.8 Å². The summed E-state index contributed by atoms with van der Waals surface area (Å²) in [6.07, 6.45) is 1.54. The molecule has 0 aliphatic heterocycles. The zero-order valence-electron chi connectivity index (χ0n) is 13.7. The van der Waals surface area contributed by atoms with Gasteiger partial charge in [-0.3, -0.25) is 4.79 Å². The zero-order chi connectivity index (χ0) is 17.2. The Morgan fingerprint density at radius 2 is 1.88 bits per heavy atom. The second-order valence-corrected chi connectivity index (χ2v) is 4.74. The molecule has 0 fully saturated rings. The van der Waals surface area contributed by atoms with Gasteiger partial charge >= 0.3 is 0 Å². The fraction of sp³-hybridized carbons (Fsp3) is 0.125. The standard InChI is InChI=1S/C16H16N4O4.H3N/c21-16(18-17-10-13-4-2-1-3-5-13)12-24-15-8-6-14(7-9-15)11-20(23)19-22;/h1-10,22H,11-12H2,(H,18,21);1H3/p+1/b17-10+,20-19-;. The highest BCUT2D eigenvalue weighted by atomic mass is 16.6. The molecule has 2 aromatic carbocycles. The molecule has 0 aromatic heterocycles. The lowest BCUT2D eigenvalue weighted by Gasteiger charge is -2.05. The van der Waals surface area contributed by atoms with E-state index in [0.29, 0.717) is 11.3 Å². The lowest BCUT2D eigenvalue weighted by Crippen LogP contribution is -2.24. The smallest absolute Gasteiger partial charge is 0.277 e. The third kappa shape index (κ3) is 7.10.